The van der Waals surface area contributed by atoms with Crippen LogP contribution in [0.15, 0.2) is 23.1 Å². The van der Waals surface area contributed by atoms with Gasteiger partial charge in [0.2, 0.25) is 5.91 Å². The van der Waals surface area contributed by atoms with E-state index in [1.165, 1.54) is 5.56 Å². The Kier molecular flexibility index (Phi) is 5.10. The van der Waals surface area contributed by atoms with Crippen LogP contribution in [0.4, 0.5) is 5.69 Å². The Morgan fingerprint density at radius 3 is 2.84 bits per heavy atom. The number of piperazine rings is 1. The highest BCUT2D eigenvalue weighted by atomic mass is 32.2. The van der Waals surface area contributed by atoms with Crippen molar-refractivity contribution in [3.63, 3.8) is 0 Å². The second kappa shape index (κ2) is 6.82. The molecule has 5 heteroatoms. The van der Waals surface area contributed by atoms with E-state index in [4.69, 9.17) is 5.73 Å². The number of carbonyl (C=O) groups excluding carboxylic acids is 1. The topological polar surface area (TPSA) is 58.4 Å². The quantitative estimate of drug-likeness (QED) is 0.647. The summed E-state index contributed by atoms with van der Waals surface area (Å²) in [6.45, 7) is 5.50. The summed E-state index contributed by atoms with van der Waals surface area (Å²) in [5.41, 5.74) is 7.93. The number of aryl methyl sites for hydroxylation is 1. The van der Waals surface area contributed by atoms with Crippen molar-refractivity contribution in [2.45, 2.75) is 18.2 Å². The van der Waals surface area contributed by atoms with Crippen LogP contribution in [0.25, 0.3) is 0 Å². The zero-order valence-corrected chi connectivity index (χ0v) is 12.1. The summed E-state index contributed by atoms with van der Waals surface area (Å²) in [5.74, 6) is 1.04. The van der Waals surface area contributed by atoms with Crippen molar-refractivity contribution in [3.8, 4) is 0 Å². The fourth-order valence-corrected chi connectivity index (χ4v) is 3.01. The van der Waals surface area contributed by atoms with E-state index in [0.717, 1.165) is 42.5 Å². The molecule has 1 aromatic carbocycles. The van der Waals surface area contributed by atoms with E-state index in [0.29, 0.717) is 6.42 Å². The van der Waals surface area contributed by atoms with E-state index in [1.54, 1.807) is 11.8 Å². The average Bonchev–Trinajstić information content (AvgIpc) is 2.42. The third kappa shape index (κ3) is 4.14. The molecule has 1 aliphatic heterocycles. The molecular formula is C14H21N3OS. The Morgan fingerprint density at radius 1 is 1.42 bits per heavy atom. The van der Waals surface area contributed by atoms with Gasteiger partial charge in [0.15, 0.2) is 0 Å². The summed E-state index contributed by atoms with van der Waals surface area (Å²) in [7, 11) is 0. The van der Waals surface area contributed by atoms with Gasteiger partial charge in [-0.15, -0.1) is 11.8 Å². The van der Waals surface area contributed by atoms with Crippen molar-refractivity contribution in [2.24, 2.45) is 0 Å². The molecule has 104 valence electrons. The van der Waals surface area contributed by atoms with Gasteiger partial charge in [-0.2, -0.15) is 0 Å². The van der Waals surface area contributed by atoms with Gasteiger partial charge in [-0.1, -0.05) is 6.07 Å². The molecule has 1 aliphatic rings. The molecule has 0 unspecified atom stereocenters. The normalized spacial score (nSPS) is 15.5. The van der Waals surface area contributed by atoms with Crippen LogP contribution in [0.2, 0.25) is 0 Å². The Hall–Kier alpha value is -1.20. The number of carbonyl (C=O) groups is 1. The predicted octanol–water partition coefficient (Wildman–Crippen LogP) is 1.49. The van der Waals surface area contributed by atoms with Gasteiger partial charge >= 0.3 is 0 Å². The lowest BCUT2D eigenvalue weighted by molar-refractivity contribution is -0.131. The van der Waals surface area contributed by atoms with Crippen LogP contribution in [0.3, 0.4) is 0 Å². The third-order valence-electron chi connectivity index (χ3n) is 3.21. The van der Waals surface area contributed by atoms with Crippen molar-refractivity contribution in [2.75, 3.05) is 37.7 Å². The first-order valence-electron chi connectivity index (χ1n) is 6.64. The summed E-state index contributed by atoms with van der Waals surface area (Å²) >= 11 is 1.66. The molecule has 19 heavy (non-hydrogen) atoms. The van der Waals surface area contributed by atoms with Crippen LogP contribution < -0.4 is 11.1 Å². The van der Waals surface area contributed by atoms with Gasteiger partial charge in [-0.3, -0.25) is 4.79 Å². The lowest BCUT2D eigenvalue weighted by atomic mass is 10.2. The number of nitrogens with one attached hydrogen (secondary N) is 1. The lowest BCUT2D eigenvalue weighted by Crippen LogP contribution is -2.46. The molecule has 1 fully saturated rings. The first-order chi connectivity index (χ1) is 9.16. The van der Waals surface area contributed by atoms with Gasteiger partial charge in [0.05, 0.1) is 0 Å². The van der Waals surface area contributed by atoms with Crippen molar-refractivity contribution in [1.82, 2.24) is 10.2 Å². The number of nitrogens with zero attached hydrogens (tertiary/aromatic N) is 1. The van der Waals surface area contributed by atoms with Crippen molar-refractivity contribution >= 4 is 23.4 Å². The number of benzene rings is 1. The van der Waals surface area contributed by atoms with Crippen LogP contribution in [-0.2, 0) is 4.79 Å². The highest BCUT2D eigenvalue weighted by Crippen LogP contribution is 2.26. The number of nitrogen functional groups attached to an aromatic ring is 1. The average molecular weight is 279 g/mol. The number of nitrogens with two attached hydrogens (primary N) is 1. The predicted molar refractivity (Wildman–Crippen MR) is 80.4 cm³/mol. The van der Waals surface area contributed by atoms with Crippen LogP contribution in [0, 0.1) is 6.92 Å². The zero-order valence-electron chi connectivity index (χ0n) is 11.3. The van der Waals surface area contributed by atoms with E-state index >= 15 is 0 Å². The second-order valence-electron chi connectivity index (χ2n) is 4.77. The summed E-state index contributed by atoms with van der Waals surface area (Å²) < 4.78 is 0. The zero-order chi connectivity index (χ0) is 13.7. The molecule has 0 aromatic heterocycles. The number of amides is 1. The Balaban J connectivity index is 1.78. The van der Waals surface area contributed by atoms with Crippen LogP contribution in [-0.4, -0.2) is 42.7 Å². The standard InChI is InChI=1S/C14H21N3OS/c1-11-2-3-13(12(15)10-11)19-9-4-14(18)17-7-5-16-6-8-17/h2-3,10,16H,4-9,15H2,1H3. The van der Waals surface area contributed by atoms with Crippen LogP contribution in [0.1, 0.15) is 12.0 Å². The molecule has 1 saturated heterocycles. The van der Waals surface area contributed by atoms with E-state index in [1.807, 2.05) is 24.0 Å². The largest absolute Gasteiger partial charge is 0.398 e. The maximum Gasteiger partial charge on any atom is 0.223 e. The fraction of sp³-hybridized carbons (Fsp3) is 0.500. The molecule has 4 nitrogen and oxygen atoms in total. The number of rotatable bonds is 4. The summed E-state index contributed by atoms with van der Waals surface area (Å²) in [5, 5.41) is 3.25. The number of hydrogen-bond donors (Lipinski definition) is 2. The fourth-order valence-electron chi connectivity index (χ4n) is 2.12. The second-order valence-corrected chi connectivity index (χ2v) is 5.91. The lowest BCUT2D eigenvalue weighted by Gasteiger charge is -2.27. The van der Waals surface area contributed by atoms with E-state index in [-0.39, 0.29) is 5.91 Å². The first-order valence-corrected chi connectivity index (χ1v) is 7.63. The smallest absolute Gasteiger partial charge is 0.223 e. The number of anilines is 1. The van der Waals surface area contributed by atoms with Crippen LogP contribution in [0.5, 0.6) is 0 Å². The minimum atomic E-state index is 0.250. The first kappa shape index (κ1) is 14.2. The maximum absolute atomic E-state index is 12.0. The van der Waals surface area contributed by atoms with Gasteiger partial charge < -0.3 is 16.0 Å². The maximum atomic E-state index is 12.0. The molecule has 0 spiro atoms. The summed E-state index contributed by atoms with van der Waals surface area (Å²) in [6.07, 6.45) is 0.581. The van der Waals surface area contributed by atoms with E-state index in [9.17, 15) is 4.79 Å². The van der Waals surface area contributed by atoms with Crippen molar-refractivity contribution in [3.05, 3.63) is 23.8 Å². The highest BCUT2D eigenvalue weighted by molar-refractivity contribution is 7.99. The number of thioether (sulfide) groups is 1. The van der Waals surface area contributed by atoms with Crippen molar-refractivity contribution < 1.29 is 4.79 Å². The molecule has 0 bridgehead atoms. The molecule has 0 aliphatic carbocycles. The molecule has 0 saturated carbocycles. The summed E-state index contributed by atoms with van der Waals surface area (Å²) in [6, 6.07) is 6.06. The molecule has 1 heterocycles. The van der Waals surface area contributed by atoms with Gasteiger partial charge in [0, 0.05) is 48.9 Å². The summed E-state index contributed by atoms with van der Waals surface area (Å²) in [4.78, 5) is 15.0. The van der Waals surface area contributed by atoms with Crippen LogP contribution >= 0.6 is 11.8 Å². The third-order valence-corrected chi connectivity index (χ3v) is 4.30. The molecule has 0 atom stereocenters. The molecule has 1 aromatic rings. The molecule has 2 rings (SSSR count). The van der Waals surface area contributed by atoms with E-state index < -0.39 is 0 Å². The molecule has 0 radical (unpaired) electrons. The SMILES string of the molecule is Cc1ccc(SCCC(=O)N2CCNCC2)c(N)c1. The molecular weight excluding hydrogens is 258 g/mol. The highest BCUT2D eigenvalue weighted by Gasteiger charge is 2.15. The molecule has 3 N–H and O–H groups in total. The molecule has 1 amide bonds. The van der Waals surface area contributed by atoms with Gasteiger partial charge in [0.1, 0.15) is 0 Å². The Labute approximate surface area is 118 Å². The van der Waals surface area contributed by atoms with Crippen molar-refractivity contribution in [1.29, 1.82) is 0 Å². The number of hydrogen-bond acceptors (Lipinski definition) is 4. The minimum absolute atomic E-state index is 0.250. The van der Waals surface area contributed by atoms with Gasteiger partial charge in [0.25, 0.3) is 0 Å². The minimum Gasteiger partial charge on any atom is -0.398 e. The monoisotopic (exact) mass is 279 g/mol. The Morgan fingerprint density at radius 2 is 2.16 bits per heavy atom. The van der Waals surface area contributed by atoms with Gasteiger partial charge in [-0.05, 0) is 24.6 Å². The van der Waals surface area contributed by atoms with Gasteiger partial charge in [-0.25, -0.2) is 0 Å². The Bertz CT molecular complexity index is 444. The van der Waals surface area contributed by atoms with E-state index in [2.05, 4.69) is 11.4 Å².